The molecule has 2 nitrogen and oxygen atoms in total. The second-order valence-corrected chi connectivity index (χ2v) is 5.52. The number of halogens is 1. The number of benzene rings is 1. The molecule has 1 aromatic carbocycles. The molecule has 0 radical (unpaired) electrons. The zero-order valence-electron chi connectivity index (χ0n) is 11.7. The quantitative estimate of drug-likeness (QED) is 0.825. The van der Waals surface area contributed by atoms with Crippen molar-refractivity contribution < 1.29 is 0 Å². The van der Waals surface area contributed by atoms with Gasteiger partial charge in [0.25, 0.3) is 0 Å². The molecule has 0 heterocycles. The van der Waals surface area contributed by atoms with Crippen molar-refractivity contribution in [2.24, 2.45) is 5.73 Å². The molecule has 3 heteroatoms. The van der Waals surface area contributed by atoms with Gasteiger partial charge in [0.2, 0.25) is 0 Å². The van der Waals surface area contributed by atoms with E-state index in [1.807, 2.05) is 0 Å². The Labute approximate surface area is 120 Å². The van der Waals surface area contributed by atoms with Crippen LogP contribution < -0.4 is 5.73 Å². The monoisotopic (exact) mass is 312 g/mol. The molecule has 0 amide bonds. The van der Waals surface area contributed by atoms with E-state index in [1.165, 1.54) is 5.56 Å². The van der Waals surface area contributed by atoms with Gasteiger partial charge < -0.3 is 5.73 Å². The van der Waals surface area contributed by atoms with Gasteiger partial charge in [0, 0.05) is 10.5 Å². The number of nitrogens with zero attached hydrogens (tertiary/aromatic N) is 1. The third-order valence-electron chi connectivity index (χ3n) is 3.41. The molecule has 0 bridgehead atoms. The third-order valence-corrected chi connectivity index (χ3v) is 4.13. The third kappa shape index (κ3) is 3.81. The minimum absolute atomic E-state index is 0.176. The molecular formula is C15H25BrN2. The predicted octanol–water partition coefficient (Wildman–Crippen LogP) is 3.96. The second kappa shape index (κ2) is 7.93. The highest BCUT2D eigenvalue weighted by Gasteiger charge is 2.25. The van der Waals surface area contributed by atoms with E-state index in [0.717, 1.165) is 30.4 Å². The van der Waals surface area contributed by atoms with Gasteiger partial charge in [-0.15, -0.1) is 0 Å². The molecule has 0 aromatic heterocycles. The summed E-state index contributed by atoms with van der Waals surface area (Å²) >= 11 is 3.66. The first-order valence-corrected chi connectivity index (χ1v) is 7.68. The molecule has 0 spiro atoms. The lowest BCUT2D eigenvalue weighted by atomic mass is 9.96. The van der Waals surface area contributed by atoms with Crippen LogP contribution in [0, 0.1) is 0 Å². The summed E-state index contributed by atoms with van der Waals surface area (Å²) in [5.41, 5.74) is 7.67. The largest absolute Gasteiger partial charge is 0.326 e. The molecule has 2 N–H and O–H groups in total. The summed E-state index contributed by atoms with van der Waals surface area (Å²) < 4.78 is 1.16. The van der Waals surface area contributed by atoms with Gasteiger partial charge in [0.05, 0.1) is 6.04 Å². The van der Waals surface area contributed by atoms with Crippen molar-refractivity contribution in [3.63, 3.8) is 0 Å². The smallest absolute Gasteiger partial charge is 0.0510 e. The van der Waals surface area contributed by atoms with Gasteiger partial charge in [-0.2, -0.15) is 0 Å². The van der Waals surface area contributed by atoms with E-state index in [-0.39, 0.29) is 6.04 Å². The van der Waals surface area contributed by atoms with Crippen molar-refractivity contribution in [2.75, 3.05) is 13.1 Å². The lowest BCUT2D eigenvalue weighted by Gasteiger charge is -2.35. The van der Waals surface area contributed by atoms with Gasteiger partial charge in [0.1, 0.15) is 0 Å². The Kier molecular flexibility index (Phi) is 6.90. The highest BCUT2D eigenvalue weighted by molar-refractivity contribution is 9.10. The molecular weight excluding hydrogens is 288 g/mol. The van der Waals surface area contributed by atoms with Gasteiger partial charge in [-0.25, -0.2) is 0 Å². The average molecular weight is 313 g/mol. The van der Waals surface area contributed by atoms with Gasteiger partial charge in [-0.05, 0) is 37.6 Å². The topological polar surface area (TPSA) is 29.3 Å². The minimum Gasteiger partial charge on any atom is -0.326 e. The maximum absolute atomic E-state index is 6.36. The van der Waals surface area contributed by atoms with E-state index in [4.69, 9.17) is 5.73 Å². The Hall–Kier alpha value is -0.380. The van der Waals surface area contributed by atoms with Crippen LogP contribution in [0.25, 0.3) is 0 Å². The molecule has 2 unspecified atom stereocenters. The molecule has 18 heavy (non-hydrogen) atoms. The number of hydrogen-bond acceptors (Lipinski definition) is 2. The van der Waals surface area contributed by atoms with Crippen molar-refractivity contribution in [3.05, 3.63) is 34.3 Å². The molecule has 1 rings (SSSR count). The molecule has 0 saturated heterocycles. The Morgan fingerprint density at radius 3 is 2.39 bits per heavy atom. The maximum Gasteiger partial charge on any atom is 0.0510 e. The number of hydrogen-bond donors (Lipinski definition) is 1. The van der Waals surface area contributed by atoms with E-state index in [1.54, 1.807) is 0 Å². The second-order valence-electron chi connectivity index (χ2n) is 4.67. The molecule has 0 fully saturated rings. The van der Waals surface area contributed by atoms with Gasteiger partial charge >= 0.3 is 0 Å². The minimum atomic E-state index is 0.176. The van der Waals surface area contributed by atoms with Crippen molar-refractivity contribution in [2.45, 2.75) is 45.7 Å². The summed E-state index contributed by atoms with van der Waals surface area (Å²) in [5, 5.41) is 0. The zero-order valence-corrected chi connectivity index (χ0v) is 13.3. The molecule has 0 aliphatic rings. The molecule has 1 aromatic rings. The molecule has 0 aliphatic carbocycles. The van der Waals surface area contributed by atoms with Crippen molar-refractivity contribution in [1.82, 2.24) is 4.90 Å². The summed E-state index contributed by atoms with van der Waals surface area (Å²) in [6, 6.07) is 8.91. The summed E-state index contributed by atoms with van der Waals surface area (Å²) in [6.07, 6.45) is 2.15. The molecule has 2 atom stereocenters. The Morgan fingerprint density at radius 2 is 1.89 bits per heavy atom. The normalized spacial score (nSPS) is 14.8. The van der Waals surface area contributed by atoms with Crippen LogP contribution in [-0.2, 0) is 0 Å². The van der Waals surface area contributed by atoms with Crippen LogP contribution in [0.2, 0.25) is 0 Å². The first-order chi connectivity index (χ1) is 8.65. The fraction of sp³-hybridized carbons (Fsp3) is 0.600. The number of nitrogens with two attached hydrogens (primary N) is 1. The predicted molar refractivity (Wildman–Crippen MR) is 82.7 cm³/mol. The maximum atomic E-state index is 6.36. The van der Waals surface area contributed by atoms with Crippen LogP contribution in [0.5, 0.6) is 0 Å². The number of likely N-dealkylation sites (N-methyl/N-ethyl adjacent to an activating group) is 1. The first kappa shape index (κ1) is 15.7. The zero-order chi connectivity index (χ0) is 13.5. The molecule has 102 valence electrons. The highest BCUT2D eigenvalue weighted by atomic mass is 79.9. The van der Waals surface area contributed by atoms with Gasteiger partial charge in [-0.1, -0.05) is 54.9 Å². The van der Waals surface area contributed by atoms with Crippen LogP contribution in [-0.4, -0.2) is 24.0 Å². The van der Waals surface area contributed by atoms with E-state index in [0.29, 0.717) is 6.04 Å². The van der Waals surface area contributed by atoms with Crippen LogP contribution >= 0.6 is 15.9 Å². The summed E-state index contributed by atoms with van der Waals surface area (Å²) in [5.74, 6) is 0. The first-order valence-electron chi connectivity index (χ1n) is 6.89. The standard InChI is InChI=1S/C15H25BrN2/c1-4-11-18(6-3)15(14(17)5-2)12-9-7-8-10-13(12)16/h7-10,14-15H,4-6,11,17H2,1-3H3. The van der Waals surface area contributed by atoms with Crippen molar-refractivity contribution >= 4 is 15.9 Å². The molecule has 0 aliphatic heterocycles. The molecule has 0 saturated carbocycles. The Morgan fingerprint density at radius 1 is 1.22 bits per heavy atom. The van der Waals surface area contributed by atoms with Gasteiger partial charge in [0.15, 0.2) is 0 Å². The van der Waals surface area contributed by atoms with Crippen LogP contribution in [0.1, 0.15) is 45.2 Å². The van der Waals surface area contributed by atoms with E-state index < -0.39 is 0 Å². The number of rotatable bonds is 7. The SMILES string of the molecule is CCCN(CC)C(c1ccccc1Br)C(N)CC. The summed E-state index contributed by atoms with van der Waals surface area (Å²) in [6.45, 7) is 8.72. The summed E-state index contributed by atoms with van der Waals surface area (Å²) in [4.78, 5) is 2.48. The Balaban J connectivity index is 3.08. The van der Waals surface area contributed by atoms with Crippen molar-refractivity contribution in [3.8, 4) is 0 Å². The Bertz CT molecular complexity index is 354. The summed E-state index contributed by atoms with van der Waals surface area (Å²) in [7, 11) is 0. The van der Waals surface area contributed by atoms with Crippen molar-refractivity contribution in [1.29, 1.82) is 0 Å². The lowest BCUT2D eigenvalue weighted by molar-refractivity contribution is 0.177. The van der Waals surface area contributed by atoms with Crippen LogP contribution in [0.4, 0.5) is 0 Å². The fourth-order valence-electron chi connectivity index (χ4n) is 2.42. The fourth-order valence-corrected chi connectivity index (χ4v) is 2.94. The highest BCUT2D eigenvalue weighted by Crippen LogP contribution is 2.30. The van der Waals surface area contributed by atoms with E-state index >= 15 is 0 Å². The average Bonchev–Trinajstić information content (AvgIpc) is 2.39. The van der Waals surface area contributed by atoms with E-state index in [2.05, 4.69) is 65.9 Å². The van der Waals surface area contributed by atoms with Crippen LogP contribution in [0.15, 0.2) is 28.7 Å². The van der Waals surface area contributed by atoms with E-state index in [9.17, 15) is 0 Å². The van der Waals surface area contributed by atoms with Crippen LogP contribution in [0.3, 0.4) is 0 Å². The van der Waals surface area contributed by atoms with Gasteiger partial charge in [-0.3, -0.25) is 4.90 Å². The lowest BCUT2D eigenvalue weighted by Crippen LogP contribution is -2.41.